The summed E-state index contributed by atoms with van der Waals surface area (Å²) in [5.41, 5.74) is 1.56. The van der Waals surface area contributed by atoms with E-state index >= 15 is 0 Å². The molecule has 1 aliphatic heterocycles. The molecule has 1 fully saturated rings. The molecule has 1 unspecified atom stereocenters. The number of nitrogens with one attached hydrogen (secondary N) is 1. The topological polar surface area (TPSA) is 41.6 Å². The van der Waals surface area contributed by atoms with Gasteiger partial charge in [0.05, 0.1) is 13.7 Å². The first-order chi connectivity index (χ1) is 10.1. The van der Waals surface area contributed by atoms with Crippen molar-refractivity contribution in [3.05, 3.63) is 35.9 Å². The van der Waals surface area contributed by atoms with Crippen molar-refractivity contribution in [3.63, 3.8) is 0 Å². The minimum absolute atomic E-state index is 0.155. The molecule has 116 valence electrons. The molecule has 4 heteroatoms. The highest BCUT2D eigenvalue weighted by Gasteiger charge is 2.31. The molecule has 0 aromatic heterocycles. The van der Waals surface area contributed by atoms with Crippen LogP contribution in [0.5, 0.6) is 0 Å². The summed E-state index contributed by atoms with van der Waals surface area (Å²) in [4.78, 5) is 13.9. The van der Waals surface area contributed by atoms with Crippen LogP contribution in [0.15, 0.2) is 30.3 Å². The Labute approximate surface area is 127 Å². The van der Waals surface area contributed by atoms with Gasteiger partial charge in [0, 0.05) is 19.6 Å². The second kappa shape index (κ2) is 7.57. The molecule has 4 nitrogen and oxygen atoms in total. The van der Waals surface area contributed by atoms with Gasteiger partial charge in [-0.3, -0.25) is 9.69 Å². The molecule has 0 radical (unpaired) electrons. The summed E-state index contributed by atoms with van der Waals surface area (Å²) < 4.78 is 4.83. The van der Waals surface area contributed by atoms with Crippen LogP contribution >= 0.6 is 0 Å². The third-order valence-electron chi connectivity index (χ3n) is 4.20. The fourth-order valence-electron chi connectivity index (χ4n) is 2.94. The van der Waals surface area contributed by atoms with E-state index in [2.05, 4.69) is 41.4 Å². The van der Waals surface area contributed by atoms with Gasteiger partial charge in [-0.05, 0) is 30.4 Å². The number of ether oxygens (including phenoxy) is 1. The highest BCUT2D eigenvalue weighted by molar-refractivity contribution is 5.71. The lowest BCUT2D eigenvalue weighted by atomic mass is 9.89. The van der Waals surface area contributed by atoms with Crippen LogP contribution in [0, 0.1) is 5.41 Å². The molecule has 0 bridgehead atoms. The van der Waals surface area contributed by atoms with Crippen molar-refractivity contribution in [2.45, 2.75) is 19.8 Å². The van der Waals surface area contributed by atoms with Crippen molar-refractivity contribution in [1.29, 1.82) is 0 Å². The molecule has 1 aromatic rings. The van der Waals surface area contributed by atoms with Crippen molar-refractivity contribution < 1.29 is 9.53 Å². The van der Waals surface area contributed by atoms with E-state index in [1.165, 1.54) is 12.7 Å². The van der Waals surface area contributed by atoms with E-state index in [4.69, 9.17) is 4.74 Å². The van der Waals surface area contributed by atoms with Gasteiger partial charge >= 0.3 is 5.97 Å². The molecular weight excluding hydrogens is 264 g/mol. The molecule has 2 rings (SSSR count). The van der Waals surface area contributed by atoms with Crippen molar-refractivity contribution in [2.24, 2.45) is 5.41 Å². The number of nitrogens with zero attached hydrogens (tertiary/aromatic N) is 1. The maximum Gasteiger partial charge on any atom is 0.319 e. The van der Waals surface area contributed by atoms with Gasteiger partial charge in [0.1, 0.15) is 0 Å². The third-order valence-corrected chi connectivity index (χ3v) is 4.20. The largest absolute Gasteiger partial charge is 0.468 e. The van der Waals surface area contributed by atoms with Gasteiger partial charge in [0.2, 0.25) is 0 Å². The number of carbonyl (C=O) groups excluding carboxylic acids is 1. The van der Waals surface area contributed by atoms with Crippen LogP contribution < -0.4 is 5.32 Å². The van der Waals surface area contributed by atoms with Crippen LogP contribution in [-0.2, 0) is 16.0 Å². The Morgan fingerprint density at radius 3 is 2.76 bits per heavy atom. The van der Waals surface area contributed by atoms with E-state index < -0.39 is 0 Å². The average molecular weight is 290 g/mol. The van der Waals surface area contributed by atoms with Crippen LogP contribution in [0.2, 0.25) is 0 Å². The van der Waals surface area contributed by atoms with E-state index in [0.29, 0.717) is 6.54 Å². The normalized spacial score (nSPS) is 21.7. The van der Waals surface area contributed by atoms with Crippen LogP contribution in [0.3, 0.4) is 0 Å². The van der Waals surface area contributed by atoms with Gasteiger partial charge in [-0.2, -0.15) is 0 Å². The molecule has 0 saturated carbocycles. The molecule has 1 aliphatic rings. The summed E-state index contributed by atoms with van der Waals surface area (Å²) in [7, 11) is 1.45. The maximum atomic E-state index is 11.6. The SMILES string of the molecule is COC(=O)CN(CCc1ccccc1)CC1(C)CCNC1. The number of esters is 1. The number of carbonyl (C=O) groups is 1. The average Bonchev–Trinajstić information content (AvgIpc) is 2.92. The summed E-state index contributed by atoms with van der Waals surface area (Å²) in [6.07, 6.45) is 2.12. The first kappa shape index (κ1) is 16.0. The highest BCUT2D eigenvalue weighted by Crippen LogP contribution is 2.25. The molecule has 0 aliphatic carbocycles. The zero-order chi connectivity index (χ0) is 15.1. The highest BCUT2D eigenvalue weighted by atomic mass is 16.5. The fraction of sp³-hybridized carbons (Fsp3) is 0.588. The monoisotopic (exact) mass is 290 g/mol. The first-order valence-electron chi connectivity index (χ1n) is 7.65. The standard InChI is InChI=1S/C17H26N2O2/c1-17(9-10-18-13-17)14-19(12-16(20)21-2)11-8-15-6-4-3-5-7-15/h3-7,18H,8-14H2,1-2H3. The zero-order valence-electron chi connectivity index (χ0n) is 13.1. The van der Waals surface area contributed by atoms with Gasteiger partial charge in [0.15, 0.2) is 0 Å². The second-order valence-corrected chi connectivity index (χ2v) is 6.26. The smallest absolute Gasteiger partial charge is 0.319 e. The zero-order valence-corrected chi connectivity index (χ0v) is 13.1. The number of methoxy groups -OCH3 is 1. The molecule has 1 aromatic carbocycles. The second-order valence-electron chi connectivity index (χ2n) is 6.26. The van der Waals surface area contributed by atoms with E-state index in [0.717, 1.165) is 39.0 Å². The van der Waals surface area contributed by atoms with Crippen molar-refractivity contribution in [1.82, 2.24) is 10.2 Å². The summed E-state index contributed by atoms with van der Waals surface area (Å²) in [5.74, 6) is -0.155. The van der Waals surface area contributed by atoms with Crippen LogP contribution in [-0.4, -0.2) is 50.7 Å². The summed E-state index contributed by atoms with van der Waals surface area (Å²) >= 11 is 0. The van der Waals surface area contributed by atoms with Crippen molar-refractivity contribution in [2.75, 3.05) is 39.8 Å². The number of hydrogen-bond donors (Lipinski definition) is 1. The Morgan fingerprint density at radius 2 is 2.14 bits per heavy atom. The van der Waals surface area contributed by atoms with Gasteiger partial charge in [-0.1, -0.05) is 37.3 Å². The first-order valence-corrected chi connectivity index (χ1v) is 7.65. The van der Waals surface area contributed by atoms with Crippen LogP contribution in [0.4, 0.5) is 0 Å². The Morgan fingerprint density at radius 1 is 1.38 bits per heavy atom. The fourth-order valence-corrected chi connectivity index (χ4v) is 2.94. The number of benzene rings is 1. The number of hydrogen-bond acceptors (Lipinski definition) is 4. The lowest BCUT2D eigenvalue weighted by Crippen LogP contribution is -2.41. The van der Waals surface area contributed by atoms with Crippen molar-refractivity contribution in [3.8, 4) is 0 Å². The molecule has 21 heavy (non-hydrogen) atoms. The molecule has 0 amide bonds. The Balaban J connectivity index is 1.93. The third kappa shape index (κ3) is 5.14. The Kier molecular flexibility index (Phi) is 5.76. The predicted octanol–water partition coefficient (Wildman–Crippen LogP) is 1.70. The Hall–Kier alpha value is -1.39. The maximum absolute atomic E-state index is 11.6. The van der Waals surface area contributed by atoms with Crippen molar-refractivity contribution >= 4 is 5.97 Å². The van der Waals surface area contributed by atoms with Gasteiger partial charge in [-0.25, -0.2) is 0 Å². The molecular formula is C17H26N2O2. The predicted molar refractivity (Wildman–Crippen MR) is 84.2 cm³/mol. The van der Waals surface area contributed by atoms with E-state index in [-0.39, 0.29) is 11.4 Å². The Bertz CT molecular complexity index is 441. The number of rotatable bonds is 7. The molecule has 1 heterocycles. The van der Waals surface area contributed by atoms with Crippen LogP contribution in [0.1, 0.15) is 18.9 Å². The minimum Gasteiger partial charge on any atom is -0.468 e. The van der Waals surface area contributed by atoms with E-state index in [1.807, 2.05) is 6.07 Å². The van der Waals surface area contributed by atoms with Gasteiger partial charge in [-0.15, -0.1) is 0 Å². The van der Waals surface area contributed by atoms with Gasteiger partial charge < -0.3 is 10.1 Å². The molecule has 1 N–H and O–H groups in total. The molecule has 1 atom stereocenters. The summed E-state index contributed by atoms with van der Waals surface area (Å²) in [5, 5.41) is 3.42. The van der Waals surface area contributed by atoms with Crippen LogP contribution in [0.25, 0.3) is 0 Å². The lowest BCUT2D eigenvalue weighted by molar-refractivity contribution is -0.142. The quantitative estimate of drug-likeness (QED) is 0.776. The van der Waals surface area contributed by atoms with Gasteiger partial charge in [0.25, 0.3) is 0 Å². The molecule has 0 spiro atoms. The molecule has 1 saturated heterocycles. The lowest BCUT2D eigenvalue weighted by Gasteiger charge is -2.31. The summed E-state index contributed by atoms with van der Waals surface area (Å²) in [6.45, 7) is 6.58. The minimum atomic E-state index is -0.155. The van der Waals surface area contributed by atoms with E-state index in [9.17, 15) is 4.79 Å². The van der Waals surface area contributed by atoms with E-state index in [1.54, 1.807) is 0 Å². The summed E-state index contributed by atoms with van der Waals surface area (Å²) in [6, 6.07) is 10.4.